The molecule has 2 N–H and O–H groups in total. The molecule has 1 aromatic rings. The van der Waals surface area contributed by atoms with Gasteiger partial charge in [0.25, 0.3) is 0 Å². The van der Waals surface area contributed by atoms with Gasteiger partial charge in [-0.05, 0) is 24.5 Å². The van der Waals surface area contributed by atoms with E-state index >= 15 is 0 Å². The minimum Gasteiger partial charge on any atom is -0.481 e. The second-order valence-electron chi connectivity index (χ2n) is 4.45. The molecule has 0 saturated heterocycles. The highest BCUT2D eigenvalue weighted by Crippen LogP contribution is 2.25. The van der Waals surface area contributed by atoms with Gasteiger partial charge >= 0.3 is 5.97 Å². The van der Waals surface area contributed by atoms with Crippen molar-refractivity contribution in [2.75, 3.05) is 6.54 Å². The number of benzene rings is 1. The Balaban J connectivity index is 2.05. The number of rotatable bonds is 5. The van der Waals surface area contributed by atoms with Crippen molar-refractivity contribution in [2.45, 2.75) is 31.2 Å². The van der Waals surface area contributed by atoms with Gasteiger partial charge in [0.15, 0.2) is 0 Å². The molecule has 1 aromatic carbocycles. The van der Waals surface area contributed by atoms with Crippen molar-refractivity contribution < 1.29 is 9.90 Å². The van der Waals surface area contributed by atoms with Crippen molar-refractivity contribution in [3.05, 3.63) is 34.9 Å². The van der Waals surface area contributed by atoms with Crippen LogP contribution in [0.15, 0.2) is 24.3 Å². The fourth-order valence-corrected chi connectivity index (χ4v) is 2.25. The summed E-state index contributed by atoms with van der Waals surface area (Å²) in [5.41, 5.74) is 0.688. The van der Waals surface area contributed by atoms with E-state index in [4.69, 9.17) is 11.6 Å². The monoisotopic (exact) mass is 253 g/mol. The van der Waals surface area contributed by atoms with Crippen LogP contribution in [0.3, 0.4) is 0 Å². The summed E-state index contributed by atoms with van der Waals surface area (Å²) in [6.45, 7) is 0.448. The molecule has 2 rings (SSSR count). The van der Waals surface area contributed by atoms with Crippen molar-refractivity contribution in [3.63, 3.8) is 0 Å². The second-order valence-corrected chi connectivity index (χ2v) is 4.86. The summed E-state index contributed by atoms with van der Waals surface area (Å²) in [7, 11) is 0. The summed E-state index contributed by atoms with van der Waals surface area (Å²) < 4.78 is 0. The molecule has 1 fully saturated rings. The number of carboxylic acid groups (broad SMARTS) is 1. The fourth-order valence-electron chi connectivity index (χ4n) is 1.98. The van der Waals surface area contributed by atoms with Crippen LogP contribution in [0.25, 0.3) is 0 Å². The smallest absolute Gasteiger partial charge is 0.312 e. The molecule has 4 heteroatoms. The van der Waals surface area contributed by atoms with E-state index in [1.807, 2.05) is 12.1 Å². The van der Waals surface area contributed by atoms with Crippen molar-refractivity contribution in [3.8, 4) is 0 Å². The van der Waals surface area contributed by atoms with Crippen LogP contribution in [0.1, 0.15) is 30.7 Å². The minimum absolute atomic E-state index is 0.448. The first-order valence-electron chi connectivity index (χ1n) is 5.89. The molecule has 0 aliphatic heterocycles. The van der Waals surface area contributed by atoms with E-state index in [0.717, 1.165) is 12.8 Å². The molecule has 1 unspecified atom stereocenters. The standard InChI is InChI=1S/C13H16ClNO2/c14-12-7-2-1-6-10(12)11(13(16)17)8-15-9-4-3-5-9/h1-2,6-7,9,11,15H,3-5,8H2,(H,16,17). The molecule has 0 bridgehead atoms. The summed E-state index contributed by atoms with van der Waals surface area (Å²) in [6, 6.07) is 7.63. The van der Waals surface area contributed by atoms with Crippen LogP contribution in [0, 0.1) is 0 Å². The molecule has 0 aromatic heterocycles. The predicted molar refractivity (Wildman–Crippen MR) is 67.5 cm³/mol. The highest BCUT2D eigenvalue weighted by Gasteiger charge is 2.24. The molecule has 1 saturated carbocycles. The maximum absolute atomic E-state index is 11.3. The van der Waals surface area contributed by atoms with Crippen LogP contribution in [0.4, 0.5) is 0 Å². The lowest BCUT2D eigenvalue weighted by atomic mass is 9.91. The van der Waals surface area contributed by atoms with Crippen molar-refractivity contribution in [1.29, 1.82) is 0 Å². The molecule has 3 nitrogen and oxygen atoms in total. The Morgan fingerprint density at radius 1 is 1.47 bits per heavy atom. The molecule has 0 radical (unpaired) electrons. The Labute approximate surface area is 106 Å². The third-order valence-electron chi connectivity index (χ3n) is 3.29. The number of nitrogens with one attached hydrogen (secondary N) is 1. The third kappa shape index (κ3) is 2.99. The molecular formula is C13H16ClNO2. The van der Waals surface area contributed by atoms with Crippen molar-refractivity contribution >= 4 is 17.6 Å². The average molecular weight is 254 g/mol. The van der Waals surface area contributed by atoms with E-state index in [2.05, 4.69) is 5.32 Å². The molecule has 0 heterocycles. The first-order valence-corrected chi connectivity index (χ1v) is 6.27. The Hall–Kier alpha value is -1.06. The lowest BCUT2D eigenvalue weighted by Crippen LogP contribution is -2.39. The normalized spacial score (nSPS) is 17.5. The number of carboxylic acids is 1. The topological polar surface area (TPSA) is 49.3 Å². The quantitative estimate of drug-likeness (QED) is 0.848. The highest BCUT2D eigenvalue weighted by atomic mass is 35.5. The highest BCUT2D eigenvalue weighted by molar-refractivity contribution is 6.31. The van der Waals surface area contributed by atoms with Gasteiger partial charge in [-0.2, -0.15) is 0 Å². The average Bonchev–Trinajstić information content (AvgIpc) is 2.23. The molecule has 1 aliphatic carbocycles. The van der Waals surface area contributed by atoms with Crippen LogP contribution in [0.5, 0.6) is 0 Å². The maximum Gasteiger partial charge on any atom is 0.312 e. The van der Waals surface area contributed by atoms with Gasteiger partial charge in [-0.15, -0.1) is 0 Å². The van der Waals surface area contributed by atoms with E-state index in [1.54, 1.807) is 12.1 Å². The van der Waals surface area contributed by atoms with E-state index < -0.39 is 11.9 Å². The Morgan fingerprint density at radius 2 is 2.18 bits per heavy atom. The number of hydrogen-bond acceptors (Lipinski definition) is 2. The zero-order chi connectivity index (χ0) is 12.3. The van der Waals surface area contributed by atoms with Gasteiger partial charge in [0, 0.05) is 17.6 Å². The van der Waals surface area contributed by atoms with Gasteiger partial charge in [-0.25, -0.2) is 0 Å². The first kappa shape index (κ1) is 12.4. The van der Waals surface area contributed by atoms with E-state index in [0.29, 0.717) is 23.2 Å². The van der Waals surface area contributed by atoms with Crippen LogP contribution in [-0.4, -0.2) is 23.7 Å². The lowest BCUT2D eigenvalue weighted by molar-refractivity contribution is -0.138. The summed E-state index contributed by atoms with van der Waals surface area (Å²) in [6.07, 6.45) is 3.53. The summed E-state index contributed by atoms with van der Waals surface area (Å²) in [4.78, 5) is 11.3. The van der Waals surface area contributed by atoms with Gasteiger partial charge in [-0.1, -0.05) is 36.2 Å². The van der Waals surface area contributed by atoms with Gasteiger partial charge in [-0.3, -0.25) is 4.79 Å². The Kier molecular flexibility index (Phi) is 4.02. The van der Waals surface area contributed by atoms with Crippen LogP contribution in [-0.2, 0) is 4.79 Å². The van der Waals surface area contributed by atoms with Gasteiger partial charge < -0.3 is 10.4 Å². The van der Waals surface area contributed by atoms with E-state index in [9.17, 15) is 9.90 Å². The summed E-state index contributed by atoms with van der Waals surface area (Å²) >= 11 is 6.04. The third-order valence-corrected chi connectivity index (χ3v) is 3.64. The molecule has 0 amide bonds. The van der Waals surface area contributed by atoms with Gasteiger partial charge in [0.2, 0.25) is 0 Å². The SMILES string of the molecule is O=C(O)C(CNC1CCC1)c1ccccc1Cl. The Morgan fingerprint density at radius 3 is 2.71 bits per heavy atom. The Bertz CT molecular complexity index is 404. The van der Waals surface area contributed by atoms with Crippen LogP contribution in [0.2, 0.25) is 5.02 Å². The van der Waals surface area contributed by atoms with Crippen LogP contribution < -0.4 is 5.32 Å². The van der Waals surface area contributed by atoms with Gasteiger partial charge in [0.05, 0.1) is 5.92 Å². The number of carbonyl (C=O) groups is 1. The molecule has 1 atom stereocenters. The number of aliphatic carboxylic acids is 1. The van der Waals surface area contributed by atoms with Gasteiger partial charge in [0.1, 0.15) is 0 Å². The molecule has 92 valence electrons. The van der Waals surface area contributed by atoms with E-state index in [-0.39, 0.29) is 0 Å². The largest absolute Gasteiger partial charge is 0.481 e. The zero-order valence-electron chi connectivity index (χ0n) is 9.53. The molecule has 17 heavy (non-hydrogen) atoms. The van der Waals surface area contributed by atoms with Crippen molar-refractivity contribution in [2.24, 2.45) is 0 Å². The zero-order valence-corrected chi connectivity index (χ0v) is 10.3. The summed E-state index contributed by atoms with van der Waals surface area (Å²) in [5.74, 6) is -1.39. The number of halogens is 1. The molecule has 0 spiro atoms. The van der Waals surface area contributed by atoms with E-state index in [1.165, 1.54) is 6.42 Å². The molecular weight excluding hydrogens is 238 g/mol. The lowest BCUT2D eigenvalue weighted by Gasteiger charge is -2.28. The fraction of sp³-hybridized carbons (Fsp3) is 0.462. The van der Waals surface area contributed by atoms with Crippen molar-refractivity contribution in [1.82, 2.24) is 5.32 Å². The maximum atomic E-state index is 11.3. The predicted octanol–water partition coefficient (Wildman–Crippen LogP) is 2.65. The van der Waals surface area contributed by atoms with Crippen LogP contribution >= 0.6 is 11.6 Å². The first-order chi connectivity index (χ1) is 8.18. The number of hydrogen-bond donors (Lipinski definition) is 2. The second kappa shape index (κ2) is 5.52. The minimum atomic E-state index is -0.829. The molecule has 1 aliphatic rings. The summed E-state index contributed by atoms with van der Waals surface area (Å²) in [5, 5.41) is 13.1.